The Bertz CT molecular complexity index is 103. The van der Waals surface area contributed by atoms with Crippen LogP contribution in [0, 0.1) is 0 Å². The van der Waals surface area contributed by atoms with Crippen molar-refractivity contribution in [3.05, 3.63) is 0 Å². The fourth-order valence-electron chi connectivity index (χ4n) is 1.39. The van der Waals surface area contributed by atoms with Crippen molar-refractivity contribution in [3.8, 4) is 0 Å². The molecule has 1 aliphatic heterocycles. The molecule has 1 fully saturated rings. The summed E-state index contributed by atoms with van der Waals surface area (Å²) in [5, 5.41) is 1.71. The number of likely N-dealkylation sites (tertiary alicyclic amines) is 1. The first-order valence-electron chi connectivity index (χ1n) is 4.02. The molecule has 0 spiro atoms. The zero-order valence-corrected chi connectivity index (χ0v) is 7.95. The van der Waals surface area contributed by atoms with E-state index in [9.17, 15) is 0 Å². The molecule has 60 valence electrons. The molecule has 1 saturated heterocycles. The van der Waals surface area contributed by atoms with Gasteiger partial charge in [-0.1, -0.05) is 13.8 Å². The summed E-state index contributed by atoms with van der Waals surface area (Å²) in [6, 6.07) is 0. The Labute approximate surface area is 68.2 Å². The van der Waals surface area contributed by atoms with Crippen LogP contribution in [0.15, 0.2) is 0 Å². The van der Waals surface area contributed by atoms with Gasteiger partial charge >= 0.3 is 0 Å². The summed E-state index contributed by atoms with van der Waals surface area (Å²) in [4.78, 5) is 2.42. The molecule has 0 saturated carbocycles. The van der Waals surface area contributed by atoms with Crippen LogP contribution in [0.4, 0.5) is 0 Å². The normalized spacial score (nSPS) is 28.2. The van der Waals surface area contributed by atoms with E-state index in [1.165, 1.54) is 19.5 Å². The van der Waals surface area contributed by atoms with Crippen molar-refractivity contribution in [2.75, 3.05) is 20.1 Å². The smallest absolute Gasteiger partial charge is 0.0189 e. The van der Waals surface area contributed by atoms with E-state index in [1.807, 2.05) is 0 Å². The zero-order valence-electron chi connectivity index (χ0n) is 7.13. The quantitative estimate of drug-likeness (QED) is 0.605. The van der Waals surface area contributed by atoms with Crippen LogP contribution >= 0.6 is 11.8 Å². The van der Waals surface area contributed by atoms with E-state index in [4.69, 9.17) is 0 Å². The molecule has 0 N–H and O–H groups in total. The van der Waals surface area contributed by atoms with E-state index in [2.05, 4.69) is 37.6 Å². The Morgan fingerprint density at radius 2 is 2.20 bits per heavy atom. The number of hydrogen-bond acceptors (Lipinski definition) is 2. The molecule has 0 amide bonds. The fourth-order valence-corrected chi connectivity index (χ4v) is 2.74. The second-order valence-electron chi connectivity index (χ2n) is 3.36. The summed E-state index contributed by atoms with van der Waals surface area (Å²) in [6.07, 6.45) is 1.39. The molecule has 0 aromatic rings. The highest BCUT2D eigenvalue weighted by Crippen LogP contribution is 2.24. The molecule has 0 radical (unpaired) electrons. The van der Waals surface area contributed by atoms with E-state index in [-0.39, 0.29) is 0 Å². The highest BCUT2D eigenvalue weighted by Gasteiger charge is 2.20. The summed E-state index contributed by atoms with van der Waals surface area (Å²) in [7, 11) is 2.21. The summed E-state index contributed by atoms with van der Waals surface area (Å²) in [5.74, 6) is 0. The van der Waals surface area contributed by atoms with Gasteiger partial charge in [0.25, 0.3) is 0 Å². The molecule has 0 aliphatic carbocycles. The van der Waals surface area contributed by atoms with Crippen molar-refractivity contribution < 1.29 is 0 Å². The average Bonchev–Trinajstić information content (AvgIpc) is 2.13. The minimum Gasteiger partial charge on any atom is -0.305 e. The molecule has 0 bridgehead atoms. The van der Waals surface area contributed by atoms with E-state index >= 15 is 0 Å². The first-order valence-corrected chi connectivity index (χ1v) is 4.97. The van der Waals surface area contributed by atoms with Gasteiger partial charge in [-0.3, -0.25) is 0 Å². The lowest BCUT2D eigenvalue weighted by atomic mass is 10.4. The highest BCUT2D eigenvalue weighted by molar-refractivity contribution is 8.00. The monoisotopic (exact) mass is 159 g/mol. The van der Waals surface area contributed by atoms with E-state index in [0.29, 0.717) is 0 Å². The average molecular weight is 159 g/mol. The van der Waals surface area contributed by atoms with Gasteiger partial charge in [-0.25, -0.2) is 0 Å². The van der Waals surface area contributed by atoms with Gasteiger partial charge in [0, 0.05) is 11.8 Å². The standard InChI is InChI=1S/C8H17NS/c1-7(2)10-8-4-5-9(3)6-8/h7-8H,4-6H2,1-3H3/t8-/m1/s1. The van der Waals surface area contributed by atoms with Crippen molar-refractivity contribution in [2.24, 2.45) is 0 Å². The third-order valence-electron chi connectivity index (χ3n) is 1.81. The number of rotatable bonds is 2. The maximum atomic E-state index is 2.42. The molecule has 0 aromatic carbocycles. The number of thioether (sulfide) groups is 1. The fraction of sp³-hybridized carbons (Fsp3) is 1.00. The second kappa shape index (κ2) is 3.63. The first kappa shape index (κ1) is 8.41. The van der Waals surface area contributed by atoms with Crippen LogP contribution < -0.4 is 0 Å². The summed E-state index contributed by atoms with van der Waals surface area (Å²) >= 11 is 2.12. The first-order chi connectivity index (χ1) is 4.68. The Balaban J connectivity index is 2.18. The maximum absolute atomic E-state index is 2.42. The third kappa shape index (κ3) is 2.51. The van der Waals surface area contributed by atoms with Crippen LogP contribution in [-0.4, -0.2) is 35.5 Å². The maximum Gasteiger partial charge on any atom is 0.0189 e. The lowest BCUT2D eigenvalue weighted by molar-refractivity contribution is 0.419. The van der Waals surface area contributed by atoms with Crippen molar-refractivity contribution in [1.82, 2.24) is 4.90 Å². The predicted molar refractivity (Wildman–Crippen MR) is 48.6 cm³/mol. The van der Waals surface area contributed by atoms with Gasteiger partial charge in [0.1, 0.15) is 0 Å². The number of hydrogen-bond donors (Lipinski definition) is 0. The molecular formula is C8H17NS. The van der Waals surface area contributed by atoms with Gasteiger partial charge in [-0.15, -0.1) is 0 Å². The Hall–Kier alpha value is 0.310. The van der Waals surface area contributed by atoms with Crippen LogP contribution in [0.1, 0.15) is 20.3 Å². The topological polar surface area (TPSA) is 3.24 Å². The van der Waals surface area contributed by atoms with E-state index in [1.54, 1.807) is 0 Å². The molecule has 1 rings (SSSR count). The van der Waals surface area contributed by atoms with Crippen LogP contribution in [0.25, 0.3) is 0 Å². The Morgan fingerprint density at radius 1 is 1.50 bits per heavy atom. The summed E-state index contributed by atoms with van der Waals surface area (Å²) in [6.45, 7) is 7.15. The Kier molecular flexibility index (Phi) is 3.05. The second-order valence-corrected chi connectivity index (χ2v) is 5.24. The van der Waals surface area contributed by atoms with Gasteiger partial charge in [0.15, 0.2) is 0 Å². The minimum atomic E-state index is 0.802. The van der Waals surface area contributed by atoms with Crippen molar-refractivity contribution in [2.45, 2.75) is 30.8 Å². The van der Waals surface area contributed by atoms with Gasteiger partial charge in [-0.2, -0.15) is 11.8 Å². The van der Waals surface area contributed by atoms with Crippen molar-refractivity contribution in [1.29, 1.82) is 0 Å². The minimum absolute atomic E-state index is 0.802. The van der Waals surface area contributed by atoms with Crippen LogP contribution in [0.2, 0.25) is 0 Å². The zero-order chi connectivity index (χ0) is 7.56. The van der Waals surface area contributed by atoms with Gasteiger partial charge in [0.05, 0.1) is 0 Å². The third-order valence-corrected chi connectivity index (χ3v) is 3.13. The van der Waals surface area contributed by atoms with E-state index in [0.717, 1.165) is 10.5 Å². The van der Waals surface area contributed by atoms with Crippen LogP contribution in [0.5, 0.6) is 0 Å². The lowest BCUT2D eigenvalue weighted by Crippen LogP contribution is -2.15. The van der Waals surface area contributed by atoms with Gasteiger partial charge < -0.3 is 4.90 Å². The summed E-state index contributed by atoms with van der Waals surface area (Å²) in [5.41, 5.74) is 0. The lowest BCUT2D eigenvalue weighted by Gasteiger charge is -2.11. The predicted octanol–water partition coefficient (Wildman–Crippen LogP) is 1.83. The molecule has 1 aliphatic rings. The molecule has 2 heteroatoms. The molecule has 1 nitrogen and oxygen atoms in total. The molecule has 0 aromatic heterocycles. The molecule has 10 heavy (non-hydrogen) atoms. The van der Waals surface area contributed by atoms with E-state index < -0.39 is 0 Å². The van der Waals surface area contributed by atoms with Crippen molar-refractivity contribution in [3.63, 3.8) is 0 Å². The van der Waals surface area contributed by atoms with Crippen molar-refractivity contribution >= 4 is 11.8 Å². The Morgan fingerprint density at radius 3 is 2.60 bits per heavy atom. The molecule has 0 unspecified atom stereocenters. The molecule has 1 heterocycles. The van der Waals surface area contributed by atoms with Gasteiger partial charge in [-0.05, 0) is 25.3 Å². The SMILES string of the molecule is CC(C)S[C@@H]1CCN(C)C1. The largest absolute Gasteiger partial charge is 0.305 e. The van der Waals surface area contributed by atoms with Gasteiger partial charge in [0.2, 0.25) is 0 Å². The molecule has 1 atom stereocenters. The summed E-state index contributed by atoms with van der Waals surface area (Å²) < 4.78 is 0. The molecular weight excluding hydrogens is 142 g/mol. The highest BCUT2D eigenvalue weighted by atomic mass is 32.2. The van der Waals surface area contributed by atoms with Crippen LogP contribution in [-0.2, 0) is 0 Å². The number of nitrogens with zero attached hydrogens (tertiary/aromatic N) is 1. The van der Waals surface area contributed by atoms with Crippen LogP contribution in [0.3, 0.4) is 0 Å².